The smallest absolute Gasteiger partial charge is 0.326 e. The monoisotopic (exact) mass is 238 g/mol. The van der Waals surface area contributed by atoms with Crippen molar-refractivity contribution in [3.63, 3.8) is 0 Å². The first kappa shape index (κ1) is 12.0. The van der Waals surface area contributed by atoms with Gasteiger partial charge in [0.2, 0.25) is 0 Å². The van der Waals surface area contributed by atoms with Gasteiger partial charge in [-0.1, -0.05) is 11.6 Å². The highest BCUT2D eigenvalue weighted by molar-refractivity contribution is 5.83. The van der Waals surface area contributed by atoms with Gasteiger partial charge in [0.05, 0.1) is 0 Å². The lowest BCUT2D eigenvalue weighted by Crippen LogP contribution is -2.49. The second-order valence-electron chi connectivity index (χ2n) is 4.73. The van der Waals surface area contributed by atoms with Crippen LogP contribution in [-0.2, 0) is 4.79 Å². The molecule has 5 nitrogen and oxygen atoms in total. The highest BCUT2D eigenvalue weighted by Crippen LogP contribution is 2.21. The fourth-order valence-electron chi connectivity index (χ4n) is 2.51. The van der Waals surface area contributed by atoms with Crippen molar-refractivity contribution in [1.82, 2.24) is 9.80 Å². The lowest BCUT2D eigenvalue weighted by atomic mass is 10.1. The van der Waals surface area contributed by atoms with Crippen LogP contribution in [-0.4, -0.2) is 52.6 Å². The van der Waals surface area contributed by atoms with Crippen molar-refractivity contribution < 1.29 is 14.7 Å². The third kappa shape index (κ3) is 2.43. The number of carboxylic acid groups (broad SMARTS) is 1. The topological polar surface area (TPSA) is 60.9 Å². The molecule has 0 spiro atoms. The minimum absolute atomic E-state index is 0.123. The van der Waals surface area contributed by atoms with Crippen LogP contribution < -0.4 is 0 Å². The van der Waals surface area contributed by atoms with Gasteiger partial charge in [-0.25, -0.2) is 9.59 Å². The van der Waals surface area contributed by atoms with E-state index in [9.17, 15) is 9.59 Å². The van der Waals surface area contributed by atoms with Crippen molar-refractivity contribution in [2.45, 2.75) is 32.2 Å². The third-order valence-corrected chi connectivity index (χ3v) is 3.39. The molecule has 1 fully saturated rings. The van der Waals surface area contributed by atoms with Crippen molar-refractivity contribution in [1.29, 1.82) is 0 Å². The Labute approximate surface area is 101 Å². The van der Waals surface area contributed by atoms with Crippen LogP contribution in [0.1, 0.15) is 26.2 Å². The Morgan fingerprint density at radius 3 is 2.82 bits per heavy atom. The van der Waals surface area contributed by atoms with E-state index in [2.05, 4.69) is 6.08 Å². The van der Waals surface area contributed by atoms with Crippen LogP contribution in [0, 0.1) is 0 Å². The van der Waals surface area contributed by atoms with E-state index in [4.69, 9.17) is 5.11 Å². The number of hydrogen-bond acceptors (Lipinski definition) is 2. The molecule has 2 aliphatic heterocycles. The van der Waals surface area contributed by atoms with Gasteiger partial charge in [0.1, 0.15) is 6.04 Å². The van der Waals surface area contributed by atoms with Gasteiger partial charge in [0.25, 0.3) is 0 Å². The Kier molecular flexibility index (Phi) is 3.36. The minimum Gasteiger partial charge on any atom is -0.480 e. The summed E-state index contributed by atoms with van der Waals surface area (Å²) in [5.74, 6) is -0.889. The molecule has 1 unspecified atom stereocenters. The van der Waals surface area contributed by atoms with Crippen LogP contribution in [0.15, 0.2) is 11.6 Å². The zero-order valence-electron chi connectivity index (χ0n) is 10.1. The molecule has 2 heterocycles. The first-order valence-electron chi connectivity index (χ1n) is 6.03. The standard InChI is InChI=1S/C12H18N2O3/c1-9-4-2-6-13(8-9)12(17)14-7-3-5-10(14)11(15)16/h4,10H,2-3,5-8H2,1H3,(H,15,16). The van der Waals surface area contributed by atoms with Gasteiger partial charge in [-0.05, 0) is 26.2 Å². The summed E-state index contributed by atoms with van der Waals surface area (Å²) in [5.41, 5.74) is 1.18. The first-order chi connectivity index (χ1) is 8.09. The molecule has 0 aromatic carbocycles. The minimum atomic E-state index is -0.889. The Morgan fingerprint density at radius 1 is 1.41 bits per heavy atom. The number of rotatable bonds is 1. The van der Waals surface area contributed by atoms with Crippen LogP contribution in [0.5, 0.6) is 0 Å². The molecule has 0 aromatic rings. The summed E-state index contributed by atoms with van der Waals surface area (Å²) in [6.45, 7) is 3.88. The summed E-state index contributed by atoms with van der Waals surface area (Å²) in [7, 11) is 0. The van der Waals surface area contributed by atoms with Crippen molar-refractivity contribution >= 4 is 12.0 Å². The SMILES string of the molecule is CC1=CCCN(C(=O)N2CCCC2C(=O)O)C1. The molecule has 0 saturated carbocycles. The summed E-state index contributed by atoms with van der Waals surface area (Å²) in [6, 6.07) is -0.754. The largest absolute Gasteiger partial charge is 0.480 e. The molecule has 2 rings (SSSR count). The number of nitrogens with zero attached hydrogens (tertiary/aromatic N) is 2. The molecule has 1 saturated heterocycles. The Balaban J connectivity index is 2.04. The van der Waals surface area contributed by atoms with Crippen LogP contribution in [0.25, 0.3) is 0 Å². The third-order valence-electron chi connectivity index (χ3n) is 3.39. The number of urea groups is 1. The molecule has 5 heteroatoms. The van der Waals surface area contributed by atoms with Gasteiger partial charge in [-0.2, -0.15) is 0 Å². The zero-order chi connectivity index (χ0) is 12.4. The number of amides is 2. The Bertz CT molecular complexity index is 365. The van der Waals surface area contributed by atoms with Crippen LogP contribution in [0.3, 0.4) is 0 Å². The Hall–Kier alpha value is -1.52. The fraction of sp³-hybridized carbons (Fsp3) is 0.667. The molecule has 1 N–H and O–H groups in total. The maximum absolute atomic E-state index is 12.2. The number of carbonyl (C=O) groups excluding carboxylic acids is 1. The summed E-state index contributed by atoms with van der Waals surface area (Å²) >= 11 is 0. The van der Waals surface area contributed by atoms with Gasteiger partial charge >= 0.3 is 12.0 Å². The predicted octanol–water partition coefficient (Wildman–Crippen LogP) is 1.31. The predicted molar refractivity (Wildman–Crippen MR) is 62.7 cm³/mol. The molecule has 0 aliphatic carbocycles. The summed E-state index contributed by atoms with van der Waals surface area (Å²) < 4.78 is 0. The van der Waals surface area contributed by atoms with E-state index in [1.165, 1.54) is 10.5 Å². The van der Waals surface area contributed by atoms with Crippen molar-refractivity contribution in [3.05, 3.63) is 11.6 Å². The zero-order valence-corrected chi connectivity index (χ0v) is 10.1. The number of aliphatic carboxylic acids is 1. The molecule has 2 amide bonds. The molecular formula is C12H18N2O3. The Morgan fingerprint density at radius 2 is 2.18 bits per heavy atom. The fourth-order valence-corrected chi connectivity index (χ4v) is 2.51. The van der Waals surface area contributed by atoms with Crippen LogP contribution >= 0.6 is 0 Å². The van der Waals surface area contributed by atoms with Crippen LogP contribution in [0.2, 0.25) is 0 Å². The molecule has 1 atom stereocenters. The number of carbonyl (C=O) groups is 2. The molecule has 0 radical (unpaired) electrons. The number of hydrogen-bond donors (Lipinski definition) is 1. The lowest BCUT2D eigenvalue weighted by Gasteiger charge is -2.32. The molecule has 0 aromatic heterocycles. The highest BCUT2D eigenvalue weighted by atomic mass is 16.4. The molecule has 17 heavy (non-hydrogen) atoms. The van der Waals surface area contributed by atoms with Crippen LogP contribution in [0.4, 0.5) is 4.79 Å². The normalized spacial score (nSPS) is 24.8. The number of likely N-dealkylation sites (tertiary alicyclic amines) is 1. The quantitative estimate of drug-likeness (QED) is 0.701. The van der Waals surface area contributed by atoms with E-state index in [0.717, 1.165) is 12.8 Å². The summed E-state index contributed by atoms with van der Waals surface area (Å²) in [6.07, 6.45) is 4.35. The van der Waals surface area contributed by atoms with E-state index in [1.807, 2.05) is 6.92 Å². The average molecular weight is 238 g/mol. The van der Waals surface area contributed by atoms with Gasteiger partial charge in [0.15, 0.2) is 0 Å². The summed E-state index contributed by atoms with van der Waals surface area (Å²) in [4.78, 5) is 26.5. The second-order valence-corrected chi connectivity index (χ2v) is 4.73. The molecule has 2 aliphatic rings. The van der Waals surface area contributed by atoms with Crippen molar-refractivity contribution in [3.8, 4) is 0 Å². The van der Waals surface area contributed by atoms with E-state index in [0.29, 0.717) is 26.1 Å². The lowest BCUT2D eigenvalue weighted by molar-refractivity contribution is -0.141. The van der Waals surface area contributed by atoms with Gasteiger partial charge < -0.3 is 14.9 Å². The summed E-state index contributed by atoms with van der Waals surface area (Å²) in [5, 5.41) is 9.06. The van der Waals surface area contributed by atoms with Crippen molar-refractivity contribution in [2.75, 3.05) is 19.6 Å². The van der Waals surface area contributed by atoms with Gasteiger partial charge in [0, 0.05) is 19.6 Å². The average Bonchev–Trinajstić information content (AvgIpc) is 2.77. The van der Waals surface area contributed by atoms with Crippen molar-refractivity contribution in [2.24, 2.45) is 0 Å². The van der Waals surface area contributed by atoms with Gasteiger partial charge in [-0.15, -0.1) is 0 Å². The molecule has 0 bridgehead atoms. The highest BCUT2D eigenvalue weighted by Gasteiger charge is 2.36. The molecular weight excluding hydrogens is 220 g/mol. The van der Waals surface area contributed by atoms with E-state index in [1.54, 1.807) is 4.90 Å². The van der Waals surface area contributed by atoms with Gasteiger partial charge in [-0.3, -0.25) is 0 Å². The van der Waals surface area contributed by atoms with E-state index < -0.39 is 12.0 Å². The first-order valence-corrected chi connectivity index (χ1v) is 6.03. The maximum Gasteiger partial charge on any atom is 0.326 e. The second kappa shape index (κ2) is 4.77. The number of carboxylic acids is 1. The van der Waals surface area contributed by atoms with E-state index in [-0.39, 0.29) is 6.03 Å². The maximum atomic E-state index is 12.2. The van der Waals surface area contributed by atoms with E-state index >= 15 is 0 Å². The molecule has 94 valence electrons.